The smallest absolute Gasteiger partial charge is 0.462 e. The zero-order valence-electron chi connectivity index (χ0n) is 19.0. The second kappa shape index (κ2) is 18.1. The van der Waals surface area contributed by atoms with Crippen molar-refractivity contribution < 1.29 is 36.1 Å². The number of hydrogen-bond acceptors (Lipinski definition) is 10. The second-order valence-corrected chi connectivity index (χ2v) is 12.1. The zero-order valence-corrected chi connectivity index (χ0v) is 21.0. The minimum atomic E-state index is -2.53. The second-order valence-electron chi connectivity index (χ2n) is 5.92. The fourth-order valence-corrected chi connectivity index (χ4v) is 5.63. The Hall–Kier alpha value is -0.676. The molecular weight excluding hydrogens is 416 g/mol. The summed E-state index contributed by atoms with van der Waals surface area (Å²) in [6.45, 7) is 6.78. The number of nitrogens with one attached hydrogen (secondary N) is 1. The number of carbonyl (C=O) groups is 1. The lowest BCUT2D eigenvalue weighted by molar-refractivity contribution is -0.139. The summed E-state index contributed by atoms with van der Waals surface area (Å²) in [6.07, 6.45) is 1.58. The first kappa shape index (κ1) is 30.5. The first-order valence-electron chi connectivity index (χ1n) is 9.30. The molecule has 3 N–H and O–H groups in total. The summed E-state index contributed by atoms with van der Waals surface area (Å²) in [4.78, 5) is 11.1. The Morgan fingerprint density at radius 3 is 1.62 bits per heavy atom. The molecule has 0 fully saturated rings. The highest BCUT2D eigenvalue weighted by molar-refractivity contribution is 6.60. The van der Waals surface area contributed by atoms with Gasteiger partial charge in [0, 0.05) is 67.0 Å². The minimum absolute atomic E-state index is 0.316. The molecule has 0 aliphatic heterocycles. The van der Waals surface area contributed by atoms with E-state index in [-0.39, 0.29) is 5.97 Å². The summed E-state index contributed by atoms with van der Waals surface area (Å²) in [5, 5.41) is 3.03. The third-order valence-electron chi connectivity index (χ3n) is 4.06. The summed E-state index contributed by atoms with van der Waals surface area (Å²) >= 11 is 0. The van der Waals surface area contributed by atoms with Gasteiger partial charge < -0.3 is 42.3 Å². The molecule has 0 radical (unpaired) electrons. The van der Waals surface area contributed by atoms with Crippen LogP contribution in [0.1, 0.15) is 19.8 Å². The molecule has 0 saturated carbocycles. The molecule has 0 saturated heterocycles. The van der Waals surface area contributed by atoms with Crippen LogP contribution in [0.4, 0.5) is 0 Å². The monoisotopic (exact) mass is 456 g/mol. The summed E-state index contributed by atoms with van der Waals surface area (Å²) in [5.41, 5.74) is 5.68. The van der Waals surface area contributed by atoms with Crippen molar-refractivity contribution in [2.45, 2.75) is 31.9 Å². The third-order valence-corrected chi connectivity index (χ3v) is 9.72. The molecule has 0 aromatic carbocycles. The largest absolute Gasteiger partial charge is 0.500 e. The van der Waals surface area contributed by atoms with Crippen LogP contribution in [0.2, 0.25) is 12.1 Å². The number of esters is 1. The van der Waals surface area contributed by atoms with E-state index in [0.717, 1.165) is 19.0 Å². The van der Waals surface area contributed by atoms with Crippen molar-refractivity contribution >= 4 is 23.6 Å². The molecule has 0 unspecified atom stereocenters. The van der Waals surface area contributed by atoms with Gasteiger partial charge in [0.05, 0.1) is 6.61 Å². The summed E-state index contributed by atoms with van der Waals surface area (Å²) in [5.74, 6) is -0.375. The first-order valence-corrected chi connectivity index (χ1v) is 13.2. The number of carbonyl (C=O) groups excluding carboxylic acids is 1. The topological polar surface area (TPSA) is 120 Å². The van der Waals surface area contributed by atoms with Crippen molar-refractivity contribution in [2.24, 2.45) is 5.73 Å². The molecule has 0 amide bonds. The van der Waals surface area contributed by atoms with Gasteiger partial charge >= 0.3 is 23.6 Å². The third kappa shape index (κ3) is 13.3. The predicted molar refractivity (Wildman–Crippen MR) is 115 cm³/mol. The lowest BCUT2D eigenvalue weighted by atomic mass is 10.4. The predicted octanol–water partition coefficient (Wildman–Crippen LogP) is 1.13. The Morgan fingerprint density at radius 2 is 1.28 bits per heavy atom. The van der Waals surface area contributed by atoms with E-state index < -0.39 is 17.6 Å². The van der Waals surface area contributed by atoms with Gasteiger partial charge in [-0.3, -0.25) is 0 Å². The minimum Gasteiger partial charge on any atom is -0.462 e. The molecule has 0 aromatic rings. The molecule has 0 aliphatic carbocycles. The van der Waals surface area contributed by atoms with Crippen LogP contribution in [0, 0.1) is 0 Å². The molecule has 0 bridgehead atoms. The Labute approximate surface area is 177 Å². The zero-order chi connectivity index (χ0) is 22.8. The highest BCUT2D eigenvalue weighted by atomic mass is 28.4. The van der Waals surface area contributed by atoms with Crippen LogP contribution in [0.15, 0.2) is 12.2 Å². The average molecular weight is 457 g/mol. The van der Waals surface area contributed by atoms with Crippen LogP contribution >= 0.6 is 0 Å². The number of ether oxygens (including phenoxy) is 1. The van der Waals surface area contributed by atoms with Gasteiger partial charge in [-0.1, -0.05) is 6.58 Å². The molecule has 0 spiro atoms. The molecule has 29 heavy (non-hydrogen) atoms. The molecule has 0 rings (SSSR count). The van der Waals surface area contributed by atoms with E-state index in [2.05, 4.69) is 11.9 Å². The SMILES string of the molecule is C=C(C)C(=O)OCCC[Si](OC)(OC)OC.CO[Si](CCCNCN)(OC)OC. The van der Waals surface area contributed by atoms with Gasteiger partial charge in [0.1, 0.15) is 0 Å². The van der Waals surface area contributed by atoms with Crippen molar-refractivity contribution in [3.05, 3.63) is 12.2 Å². The van der Waals surface area contributed by atoms with Gasteiger partial charge in [0.25, 0.3) is 0 Å². The molecule has 174 valence electrons. The summed E-state index contributed by atoms with van der Waals surface area (Å²) in [7, 11) is 4.65. The Bertz CT molecular complexity index is 419. The van der Waals surface area contributed by atoms with Crippen molar-refractivity contribution in [3.8, 4) is 0 Å². The standard InChI is InChI=1S/C10H20O5Si.C7H20N2O3Si/c1-9(2)10(11)15-7-6-8-16(12-3,13-4)14-5;1-10-13(11-2,12-3)6-4-5-9-7-8/h1,6-8H2,2-5H3;9H,4-8H2,1-3H3. The molecule has 12 heteroatoms. The van der Waals surface area contributed by atoms with Gasteiger partial charge in [-0.15, -0.1) is 0 Å². The normalized spacial score (nSPS) is 11.6. The van der Waals surface area contributed by atoms with Crippen LogP contribution in [0.3, 0.4) is 0 Å². The van der Waals surface area contributed by atoms with Crippen LogP contribution in [0.25, 0.3) is 0 Å². The van der Waals surface area contributed by atoms with Gasteiger partial charge in [-0.2, -0.15) is 0 Å². The van der Waals surface area contributed by atoms with Crippen LogP contribution < -0.4 is 11.1 Å². The maximum Gasteiger partial charge on any atom is 0.500 e. The number of hydrogen-bond donors (Lipinski definition) is 2. The molecule has 0 aliphatic rings. The number of nitrogens with two attached hydrogens (primary N) is 1. The summed E-state index contributed by atoms with van der Waals surface area (Å²) in [6, 6.07) is 1.42. The van der Waals surface area contributed by atoms with Crippen molar-refractivity contribution in [2.75, 3.05) is 62.5 Å². The fraction of sp³-hybridized carbons (Fsp3) is 0.824. The summed E-state index contributed by atoms with van der Waals surface area (Å²) < 4.78 is 36.4. The van der Waals surface area contributed by atoms with E-state index in [0.29, 0.717) is 31.3 Å². The number of rotatable bonds is 16. The van der Waals surface area contributed by atoms with Gasteiger partial charge in [-0.25, -0.2) is 4.79 Å². The fourth-order valence-electron chi connectivity index (χ4n) is 2.22. The van der Waals surface area contributed by atoms with Crippen molar-refractivity contribution in [3.63, 3.8) is 0 Å². The molecule has 0 heterocycles. The molecule has 0 atom stereocenters. The first-order chi connectivity index (χ1) is 13.8. The maximum atomic E-state index is 11.1. The van der Waals surface area contributed by atoms with Crippen LogP contribution in [-0.4, -0.2) is 86.1 Å². The van der Waals surface area contributed by atoms with Crippen LogP contribution in [-0.2, 0) is 36.1 Å². The van der Waals surface area contributed by atoms with E-state index >= 15 is 0 Å². The highest BCUT2D eigenvalue weighted by Gasteiger charge is 2.37. The molecule has 0 aromatic heterocycles. The highest BCUT2D eigenvalue weighted by Crippen LogP contribution is 2.15. The Morgan fingerprint density at radius 1 is 0.862 bits per heavy atom. The lowest BCUT2D eigenvalue weighted by Crippen LogP contribution is -2.43. The molecular formula is C17H40N2O8Si2. The Balaban J connectivity index is 0. The molecule has 10 nitrogen and oxygen atoms in total. The van der Waals surface area contributed by atoms with E-state index in [4.69, 9.17) is 37.0 Å². The lowest BCUT2D eigenvalue weighted by Gasteiger charge is -2.24. The van der Waals surface area contributed by atoms with E-state index in [1.54, 1.807) is 49.6 Å². The van der Waals surface area contributed by atoms with Gasteiger partial charge in [-0.05, 0) is 26.3 Å². The van der Waals surface area contributed by atoms with Crippen molar-refractivity contribution in [1.82, 2.24) is 5.32 Å². The van der Waals surface area contributed by atoms with E-state index in [9.17, 15) is 4.79 Å². The van der Waals surface area contributed by atoms with E-state index in [1.165, 1.54) is 0 Å². The average Bonchev–Trinajstić information content (AvgIpc) is 2.75. The van der Waals surface area contributed by atoms with Gasteiger partial charge in [0.15, 0.2) is 0 Å². The van der Waals surface area contributed by atoms with Crippen LogP contribution in [0.5, 0.6) is 0 Å². The van der Waals surface area contributed by atoms with E-state index in [1.807, 2.05) is 0 Å². The van der Waals surface area contributed by atoms with Gasteiger partial charge in [0.2, 0.25) is 0 Å². The van der Waals surface area contributed by atoms with Crippen molar-refractivity contribution in [1.29, 1.82) is 0 Å². The Kier molecular flexibility index (Phi) is 19.1. The maximum absolute atomic E-state index is 11.1. The quantitative estimate of drug-likeness (QED) is 0.115.